The predicted molar refractivity (Wildman–Crippen MR) is 64.5 cm³/mol. The van der Waals surface area contributed by atoms with E-state index in [2.05, 4.69) is 10.7 Å². The molecule has 2 rings (SSSR count). The van der Waals surface area contributed by atoms with Gasteiger partial charge in [-0.1, -0.05) is 11.6 Å². The van der Waals surface area contributed by atoms with Gasteiger partial charge in [0.15, 0.2) is 0 Å². The third kappa shape index (κ3) is 2.51. The average molecular weight is 273 g/mol. The minimum atomic E-state index is -4.43. The molecule has 0 radical (unpaired) electrons. The molecular weight excluding hydrogens is 259 g/mol. The summed E-state index contributed by atoms with van der Waals surface area (Å²) in [6.45, 7) is 1.74. The van der Waals surface area contributed by atoms with Crippen molar-refractivity contribution in [1.29, 1.82) is 0 Å². The maximum absolute atomic E-state index is 12.8. The molecule has 0 atom stereocenters. The number of benzene rings is 1. The molecule has 19 heavy (non-hydrogen) atoms. The molecule has 0 aliphatic heterocycles. The summed E-state index contributed by atoms with van der Waals surface area (Å²) in [5, 5.41) is 2.07. The zero-order valence-corrected chi connectivity index (χ0v) is 10.3. The topological polar surface area (TPSA) is 67.1 Å². The van der Waals surface area contributed by atoms with E-state index in [4.69, 9.17) is 5.84 Å². The summed E-state index contributed by atoms with van der Waals surface area (Å²) in [4.78, 5) is 12.0. The number of nitrogens with one attached hydrogen (secondary N) is 2. The van der Waals surface area contributed by atoms with E-state index in [-0.39, 0.29) is 18.4 Å². The number of halogens is 3. The second-order valence-electron chi connectivity index (χ2n) is 4.73. The van der Waals surface area contributed by atoms with Crippen molar-refractivity contribution in [2.24, 2.45) is 5.84 Å². The second kappa shape index (κ2) is 4.41. The fraction of sp³-hybridized carbons (Fsp3) is 0.417. The Balaban J connectivity index is 2.24. The highest BCUT2D eigenvalue weighted by Gasteiger charge is 2.64. The Labute approximate surface area is 108 Å². The van der Waals surface area contributed by atoms with Crippen molar-refractivity contribution in [1.82, 2.24) is 5.32 Å². The summed E-state index contributed by atoms with van der Waals surface area (Å²) in [6, 6.07) is 4.76. The van der Waals surface area contributed by atoms with Crippen LogP contribution in [0.4, 0.5) is 18.9 Å². The molecule has 1 aliphatic rings. The van der Waals surface area contributed by atoms with Crippen LogP contribution in [0.25, 0.3) is 0 Å². The molecule has 1 aromatic rings. The highest BCUT2D eigenvalue weighted by atomic mass is 19.4. The monoisotopic (exact) mass is 273 g/mol. The molecule has 1 fully saturated rings. The summed E-state index contributed by atoms with van der Waals surface area (Å²) < 4.78 is 38.3. The second-order valence-corrected chi connectivity index (χ2v) is 4.73. The molecule has 1 aliphatic carbocycles. The van der Waals surface area contributed by atoms with Gasteiger partial charge in [-0.15, -0.1) is 0 Å². The Hall–Kier alpha value is -1.76. The van der Waals surface area contributed by atoms with E-state index in [0.29, 0.717) is 5.69 Å². The van der Waals surface area contributed by atoms with E-state index in [9.17, 15) is 18.0 Å². The molecule has 1 amide bonds. The number of hydrogen-bond donors (Lipinski definition) is 3. The van der Waals surface area contributed by atoms with Gasteiger partial charge in [0.2, 0.25) is 0 Å². The zero-order chi connectivity index (χ0) is 14.3. The van der Waals surface area contributed by atoms with Crippen LogP contribution in [0.15, 0.2) is 18.2 Å². The molecule has 0 spiro atoms. The number of rotatable bonds is 3. The third-order valence-corrected chi connectivity index (χ3v) is 3.22. The van der Waals surface area contributed by atoms with Crippen molar-refractivity contribution in [2.45, 2.75) is 31.5 Å². The molecule has 0 saturated heterocycles. The van der Waals surface area contributed by atoms with E-state index in [1.54, 1.807) is 19.1 Å². The standard InChI is InChI=1S/C12H14F3N3O/c1-7-2-3-9(18-16)8(6-7)10(19)17-11(4-5-11)12(13,14)15/h2-3,6,18H,4-5,16H2,1H3,(H,17,19). The quantitative estimate of drug-likeness (QED) is 0.583. The summed E-state index contributed by atoms with van der Waals surface area (Å²) >= 11 is 0. The smallest absolute Gasteiger partial charge is 0.338 e. The van der Waals surface area contributed by atoms with Gasteiger partial charge in [0, 0.05) is 0 Å². The Morgan fingerprint density at radius 2 is 2.00 bits per heavy atom. The zero-order valence-electron chi connectivity index (χ0n) is 10.3. The number of carbonyl (C=O) groups is 1. The van der Waals surface area contributed by atoms with Crippen molar-refractivity contribution in [3.63, 3.8) is 0 Å². The van der Waals surface area contributed by atoms with Crippen molar-refractivity contribution in [2.75, 3.05) is 5.43 Å². The highest BCUT2D eigenvalue weighted by Crippen LogP contribution is 2.49. The number of aryl methyl sites for hydroxylation is 1. The van der Waals surface area contributed by atoms with Gasteiger partial charge in [-0.2, -0.15) is 13.2 Å². The number of anilines is 1. The van der Waals surface area contributed by atoms with Crippen molar-refractivity contribution >= 4 is 11.6 Å². The van der Waals surface area contributed by atoms with Gasteiger partial charge >= 0.3 is 6.18 Å². The Morgan fingerprint density at radius 1 is 1.37 bits per heavy atom. The first kappa shape index (κ1) is 13.7. The lowest BCUT2D eigenvalue weighted by atomic mass is 10.1. The van der Waals surface area contributed by atoms with Crippen molar-refractivity contribution in [3.8, 4) is 0 Å². The molecule has 0 aromatic heterocycles. The Morgan fingerprint density at radius 3 is 2.47 bits per heavy atom. The summed E-state index contributed by atoms with van der Waals surface area (Å²) in [5.41, 5.74) is 1.40. The van der Waals surface area contributed by atoms with Crippen LogP contribution in [0.1, 0.15) is 28.8 Å². The SMILES string of the molecule is Cc1ccc(NN)c(C(=O)NC2(C(F)(F)F)CC2)c1. The van der Waals surface area contributed by atoms with E-state index in [1.807, 2.05) is 0 Å². The number of carbonyl (C=O) groups excluding carboxylic acids is 1. The van der Waals surface area contributed by atoms with Crippen LogP contribution in [0.5, 0.6) is 0 Å². The predicted octanol–water partition coefficient (Wildman–Crippen LogP) is 2.11. The highest BCUT2D eigenvalue weighted by molar-refractivity contribution is 6.00. The van der Waals surface area contributed by atoms with Gasteiger partial charge < -0.3 is 10.7 Å². The molecular formula is C12H14F3N3O. The fourth-order valence-electron chi connectivity index (χ4n) is 1.86. The number of nitrogen functional groups attached to an aromatic ring is 1. The molecule has 1 saturated carbocycles. The van der Waals surface area contributed by atoms with Crippen LogP contribution in [-0.4, -0.2) is 17.6 Å². The lowest BCUT2D eigenvalue weighted by Crippen LogP contribution is -2.48. The van der Waals surface area contributed by atoms with Crippen LogP contribution in [0.3, 0.4) is 0 Å². The van der Waals surface area contributed by atoms with Crippen LogP contribution in [0, 0.1) is 6.92 Å². The Kier molecular flexibility index (Phi) is 3.17. The molecule has 0 heterocycles. The molecule has 1 aromatic carbocycles. The maximum Gasteiger partial charge on any atom is 0.411 e. The van der Waals surface area contributed by atoms with Gasteiger partial charge in [-0.25, -0.2) is 0 Å². The van der Waals surface area contributed by atoms with Crippen molar-refractivity contribution < 1.29 is 18.0 Å². The Bertz CT molecular complexity index is 509. The van der Waals surface area contributed by atoms with E-state index < -0.39 is 17.6 Å². The normalized spacial score (nSPS) is 16.9. The van der Waals surface area contributed by atoms with Gasteiger partial charge in [0.05, 0.1) is 11.3 Å². The minimum absolute atomic E-state index is 0.0839. The first-order chi connectivity index (χ1) is 8.79. The summed E-state index contributed by atoms with van der Waals surface area (Å²) in [6.07, 6.45) is -4.60. The molecule has 4 nitrogen and oxygen atoms in total. The van der Waals surface area contributed by atoms with Gasteiger partial charge in [-0.3, -0.25) is 10.6 Å². The number of hydrazine groups is 1. The number of amides is 1. The summed E-state index contributed by atoms with van der Waals surface area (Å²) in [7, 11) is 0. The van der Waals surface area contributed by atoms with Gasteiger partial charge in [0.1, 0.15) is 5.54 Å². The van der Waals surface area contributed by atoms with Crippen LogP contribution >= 0.6 is 0 Å². The first-order valence-electron chi connectivity index (χ1n) is 5.75. The molecule has 0 unspecified atom stereocenters. The van der Waals surface area contributed by atoms with E-state index in [1.165, 1.54) is 6.07 Å². The molecule has 104 valence electrons. The van der Waals surface area contributed by atoms with Gasteiger partial charge in [-0.05, 0) is 31.9 Å². The minimum Gasteiger partial charge on any atom is -0.338 e. The molecule has 0 bridgehead atoms. The summed E-state index contributed by atoms with van der Waals surface area (Å²) in [5.74, 6) is 4.48. The van der Waals surface area contributed by atoms with Gasteiger partial charge in [0.25, 0.3) is 5.91 Å². The van der Waals surface area contributed by atoms with Crippen LogP contribution in [-0.2, 0) is 0 Å². The maximum atomic E-state index is 12.8. The third-order valence-electron chi connectivity index (χ3n) is 3.22. The van der Waals surface area contributed by atoms with Crippen molar-refractivity contribution in [3.05, 3.63) is 29.3 Å². The lowest BCUT2D eigenvalue weighted by Gasteiger charge is -2.21. The van der Waals surface area contributed by atoms with E-state index in [0.717, 1.165) is 5.56 Å². The lowest BCUT2D eigenvalue weighted by molar-refractivity contribution is -0.163. The number of hydrogen-bond acceptors (Lipinski definition) is 3. The van der Waals surface area contributed by atoms with Crippen LogP contribution in [0.2, 0.25) is 0 Å². The average Bonchev–Trinajstić information content (AvgIpc) is 3.09. The number of alkyl halides is 3. The molecule has 4 N–H and O–H groups in total. The molecule has 7 heteroatoms. The van der Waals surface area contributed by atoms with E-state index >= 15 is 0 Å². The fourth-order valence-corrected chi connectivity index (χ4v) is 1.86. The van der Waals surface area contributed by atoms with Crippen LogP contribution < -0.4 is 16.6 Å². The number of nitrogens with two attached hydrogens (primary N) is 1. The first-order valence-corrected chi connectivity index (χ1v) is 5.75. The largest absolute Gasteiger partial charge is 0.411 e.